The van der Waals surface area contributed by atoms with E-state index < -0.39 is 4.92 Å². The summed E-state index contributed by atoms with van der Waals surface area (Å²) >= 11 is 0. The van der Waals surface area contributed by atoms with Gasteiger partial charge in [0.1, 0.15) is 10.6 Å². The molecule has 1 aliphatic carbocycles. The quantitative estimate of drug-likeness (QED) is 0.363. The van der Waals surface area contributed by atoms with Crippen molar-refractivity contribution in [1.82, 2.24) is 19.5 Å². The second kappa shape index (κ2) is 7.33. The first-order valence-corrected chi connectivity index (χ1v) is 10.6. The zero-order valence-electron chi connectivity index (χ0n) is 17.4. The van der Waals surface area contributed by atoms with Crippen LogP contribution in [-0.4, -0.2) is 24.4 Å². The Kier molecular flexibility index (Phi) is 4.60. The molecule has 5 rings (SSSR count). The standard InChI is InChI=1S/C22H23N5O4/c1-12(2)20-22(28)25-14-10-16-17(11-15(14)23-20)26(13-6-4-3-5-7-13)21(24-16)18-8-9-19(31-18)27(29)30/h8-13H,3-7H2,1-2H3,(H,25,28). The molecule has 0 atom stereocenters. The zero-order valence-corrected chi connectivity index (χ0v) is 17.4. The van der Waals surface area contributed by atoms with Crippen LogP contribution in [0.2, 0.25) is 0 Å². The monoisotopic (exact) mass is 421 g/mol. The highest BCUT2D eigenvalue weighted by Crippen LogP contribution is 2.37. The number of imidazole rings is 1. The molecule has 9 nitrogen and oxygen atoms in total. The fourth-order valence-electron chi connectivity index (χ4n) is 4.51. The third-order valence-corrected chi connectivity index (χ3v) is 6.01. The normalized spacial score (nSPS) is 15.3. The Labute approximate surface area is 177 Å². The molecule has 0 bridgehead atoms. The van der Waals surface area contributed by atoms with Gasteiger partial charge in [-0.1, -0.05) is 33.1 Å². The maximum Gasteiger partial charge on any atom is 0.433 e. The van der Waals surface area contributed by atoms with E-state index in [1.807, 2.05) is 26.0 Å². The molecule has 0 radical (unpaired) electrons. The number of hydrogen-bond donors (Lipinski definition) is 1. The topological polar surface area (TPSA) is 120 Å². The van der Waals surface area contributed by atoms with Crippen LogP contribution < -0.4 is 5.56 Å². The molecule has 1 aromatic carbocycles. The fraction of sp³-hybridized carbons (Fsp3) is 0.409. The molecular formula is C22H23N5O4. The van der Waals surface area contributed by atoms with Crippen LogP contribution in [0.5, 0.6) is 0 Å². The van der Waals surface area contributed by atoms with Crippen molar-refractivity contribution in [2.45, 2.75) is 57.9 Å². The minimum Gasteiger partial charge on any atom is -0.397 e. The number of nitrogens with one attached hydrogen (secondary N) is 1. The molecule has 0 spiro atoms. The second-order valence-electron chi connectivity index (χ2n) is 8.46. The van der Waals surface area contributed by atoms with Crippen molar-refractivity contribution in [2.24, 2.45) is 0 Å². The smallest absolute Gasteiger partial charge is 0.397 e. The Balaban J connectivity index is 1.77. The zero-order chi connectivity index (χ0) is 21.7. The Morgan fingerprint density at radius 2 is 1.94 bits per heavy atom. The maximum absolute atomic E-state index is 12.4. The largest absolute Gasteiger partial charge is 0.433 e. The summed E-state index contributed by atoms with van der Waals surface area (Å²) in [6, 6.07) is 6.94. The van der Waals surface area contributed by atoms with Gasteiger partial charge in [-0.15, -0.1) is 0 Å². The number of nitro groups is 1. The van der Waals surface area contributed by atoms with Crippen molar-refractivity contribution in [1.29, 1.82) is 0 Å². The molecule has 0 unspecified atom stereocenters. The van der Waals surface area contributed by atoms with Crippen LogP contribution in [0.4, 0.5) is 5.88 Å². The molecule has 1 aliphatic rings. The van der Waals surface area contributed by atoms with Crippen molar-refractivity contribution < 1.29 is 9.34 Å². The van der Waals surface area contributed by atoms with E-state index in [0.29, 0.717) is 33.8 Å². The van der Waals surface area contributed by atoms with Crippen LogP contribution in [0, 0.1) is 10.1 Å². The number of nitrogens with zero attached hydrogens (tertiary/aromatic N) is 4. The van der Waals surface area contributed by atoms with Crippen molar-refractivity contribution >= 4 is 28.0 Å². The summed E-state index contributed by atoms with van der Waals surface area (Å²) in [6.45, 7) is 3.88. The predicted molar refractivity (Wildman–Crippen MR) is 116 cm³/mol. The number of aromatic nitrogens is 4. The minimum absolute atomic E-state index is 0.00586. The van der Waals surface area contributed by atoms with Crippen molar-refractivity contribution in [2.75, 3.05) is 0 Å². The highest BCUT2D eigenvalue weighted by molar-refractivity contribution is 5.93. The SMILES string of the molecule is CC(C)c1nc2cc3c(cc2[nH]c1=O)nc(-c1ccc([N+](=O)[O-])o1)n3C1CCCCC1. The van der Waals surface area contributed by atoms with E-state index in [2.05, 4.69) is 14.5 Å². The first kappa shape index (κ1) is 19.5. The summed E-state index contributed by atoms with van der Waals surface area (Å²) in [6.07, 6.45) is 5.47. The second-order valence-corrected chi connectivity index (χ2v) is 8.46. The number of aromatic amines is 1. The number of hydrogen-bond acceptors (Lipinski definition) is 6. The van der Waals surface area contributed by atoms with Gasteiger partial charge in [0.15, 0.2) is 11.6 Å². The van der Waals surface area contributed by atoms with Crippen molar-refractivity contribution in [3.8, 4) is 11.6 Å². The Bertz CT molecular complexity index is 1360. The minimum atomic E-state index is -0.548. The number of benzene rings is 1. The Hall–Kier alpha value is -3.49. The van der Waals surface area contributed by atoms with Gasteiger partial charge in [0, 0.05) is 12.0 Å². The summed E-state index contributed by atoms with van der Waals surface area (Å²) < 4.78 is 7.64. The summed E-state index contributed by atoms with van der Waals surface area (Å²) in [7, 11) is 0. The molecule has 0 saturated heterocycles. The van der Waals surface area contributed by atoms with Crippen LogP contribution in [0.25, 0.3) is 33.7 Å². The van der Waals surface area contributed by atoms with Gasteiger partial charge in [0.2, 0.25) is 0 Å². The van der Waals surface area contributed by atoms with Gasteiger partial charge >= 0.3 is 5.88 Å². The highest BCUT2D eigenvalue weighted by Gasteiger charge is 2.26. The predicted octanol–water partition coefficient (Wildman–Crippen LogP) is 5.07. The number of fused-ring (bicyclic) bond motifs is 2. The van der Waals surface area contributed by atoms with E-state index in [1.54, 1.807) is 6.07 Å². The molecule has 31 heavy (non-hydrogen) atoms. The van der Waals surface area contributed by atoms with Crippen LogP contribution in [0.1, 0.15) is 63.6 Å². The van der Waals surface area contributed by atoms with Gasteiger partial charge < -0.3 is 14.0 Å². The third-order valence-electron chi connectivity index (χ3n) is 6.01. The molecule has 3 aromatic heterocycles. The van der Waals surface area contributed by atoms with E-state index in [-0.39, 0.29) is 23.4 Å². The van der Waals surface area contributed by atoms with E-state index >= 15 is 0 Å². The van der Waals surface area contributed by atoms with Gasteiger partial charge in [-0.05, 0) is 31.0 Å². The van der Waals surface area contributed by atoms with Gasteiger partial charge in [0.25, 0.3) is 5.56 Å². The van der Waals surface area contributed by atoms with Gasteiger partial charge in [0.05, 0.1) is 28.1 Å². The first-order chi connectivity index (χ1) is 14.9. The van der Waals surface area contributed by atoms with Gasteiger partial charge in [-0.25, -0.2) is 9.97 Å². The summed E-state index contributed by atoms with van der Waals surface area (Å²) in [5.41, 5.74) is 3.20. The average Bonchev–Trinajstić information content (AvgIpc) is 3.37. The van der Waals surface area contributed by atoms with E-state index in [9.17, 15) is 14.9 Å². The molecule has 0 aliphatic heterocycles. The number of rotatable bonds is 4. The third kappa shape index (κ3) is 3.30. The van der Waals surface area contributed by atoms with Gasteiger partial charge in [-0.3, -0.25) is 14.9 Å². The van der Waals surface area contributed by atoms with Crippen LogP contribution in [0.15, 0.2) is 33.5 Å². The maximum atomic E-state index is 12.4. The Morgan fingerprint density at radius 3 is 2.61 bits per heavy atom. The molecular weight excluding hydrogens is 398 g/mol. The lowest BCUT2D eigenvalue weighted by atomic mass is 9.95. The fourth-order valence-corrected chi connectivity index (χ4v) is 4.51. The molecule has 1 saturated carbocycles. The molecule has 9 heteroatoms. The van der Waals surface area contributed by atoms with Crippen molar-refractivity contribution in [3.63, 3.8) is 0 Å². The first-order valence-electron chi connectivity index (χ1n) is 10.6. The molecule has 4 aromatic rings. The molecule has 1 fully saturated rings. The average molecular weight is 421 g/mol. The van der Waals surface area contributed by atoms with Crippen LogP contribution in [-0.2, 0) is 0 Å². The molecule has 0 amide bonds. The van der Waals surface area contributed by atoms with E-state index in [1.165, 1.54) is 12.5 Å². The number of furan rings is 1. The highest BCUT2D eigenvalue weighted by atomic mass is 16.6. The summed E-state index contributed by atoms with van der Waals surface area (Å²) in [4.78, 5) is 35.3. The van der Waals surface area contributed by atoms with Gasteiger partial charge in [-0.2, -0.15) is 0 Å². The lowest BCUT2D eigenvalue weighted by Gasteiger charge is -2.25. The summed E-state index contributed by atoms with van der Waals surface area (Å²) in [5, 5.41) is 11.1. The van der Waals surface area contributed by atoms with E-state index in [0.717, 1.165) is 31.2 Å². The lowest BCUT2D eigenvalue weighted by Crippen LogP contribution is -2.16. The lowest BCUT2D eigenvalue weighted by molar-refractivity contribution is -0.401. The van der Waals surface area contributed by atoms with Crippen LogP contribution in [0.3, 0.4) is 0 Å². The van der Waals surface area contributed by atoms with Crippen molar-refractivity contribution in [3.05, 3.63) is 50.4 Å². The van der Waals surface area contributed by atoms with E-state index in [4.69, 9.17) is 9.40 Å². The molecule has 160 valence electrons. The molecule has 3 heterocycles. The molecule has 1 N–H and O–H groups in total. The number of H-pyrrole nitrogens is 1. The Morgan fingerprint density at radius 1 is 1.16 bits per heavy atom. The van der Waals surface area contributed by atoms with Crippen LogP contribution >= 0.6 is 0 Å². The summed E-state index contributed by atoms with van der Waals surface area (Å²) in [5.74, 6) is 0.625.